The minimum absolute atomic E-state index is 0.285. The van der Waals surface area contributed by atoms with Crippen LogP contribution in [0.15, 0.2) is 35.2 Å². The molecule has 1 aromatic rings. The number of nitrogens with zero attached hydrogens (tertiary/aromatic N) is 1. The van der Waals surface area contributed by atoms with Crippen LogP contribution in [0.25, 0.3) is 0 Å². The maximum atomic E-state index is 12.1. The largest absolute Gasteiger partial charge is 0.396 e. The zero-order valence-corrected chi connectivity index (χ0v) is 13.9. The Morgan fingerprint density at radius 2 is 1.82 bits per heavy atom. The predicted octanol–water partition coefficient (Wildman–Crippen LogP) is 1.45. The van der Waals surface area contributed by atoms with Gasteiger partial charge in [0, 0.05) is 25.7 Å². The second-order valence-corrected chi connectivity index (χ2v) is 7.82. The molecule has 0 heterocycles. The molecule has 5 nitrogen and oxygen atoms in total. The number of aliphatic hydroxyl groups is 1. The highest BCUT2D eigenvalue weighted by atomic mass is 32.2. The van der Waals surface area contributed by atoms with Crippen LogP contribution in [0.2, 0.25) is 0 Å². The summed E-state index contributed by atoms with van der Waals surface area (Å²) in [5.74, 6) is 0.446. The topological polar surface area (TPSA) is 69.6 Å². The quantitative estimate of drug-likeness (QED) is 0.796. The van der Waals surface area contributed by atoms with Gasteiger partial charge in [-0.3, -0.25) is 0 Å². The fourth-order valence-electron chi connectivity index (χ4n) is 2.99. The van der Waals surface area contributed by atoms with Gasteiger partial charge in [0.05, 0.1) is 4.90 Å². The van der Waals surface area contributed by atoms with E-state index in [1.807, 2.05) is 7.05 Å². The van der Waals surface area contributed by atoms with E-state index < -0.39 is 10.0 Å². The SMILES string of the molecule is CN(CCNS(=O)(=O)c1ccccc1)C1CCC(CO)CC1. The van der Waals surface area contributed by atoms with Crippen LogP contribution in [0.3, 0.4) is 0 Å². The van der Waals surface area contributed by atoms with Crippen molar-refractivity contribution in [3.05, 3.63) is 30.3 Å². The standard InChI is InChI=1S/C16H26N2O3S/c1-18(15-9-7-14(13-19)8-10-15)12-11-17-22(20,21)16-5-3-2-4-6-16/h2-6,14-15,17,19H,7-13H2,1H3. The molecule has 0 aromatic heterocycles. The first-order valence-electron chi connectivity index (χ1n) is 7.88. The highest BCUT2D eigenvalue weighted by Gasteiger charge is 2.23. The third kappa shape index (κ3) is 4.78. The summed E-state index contributed by atoms with van der Waals surface area (Å²) in [6, 6.07) is 8.93. The molecule has 0 aliphatic heterocycles. The van der Waals surface area contributed by atoms with Gasteiger partial charge in [0.15, 0.2) is 0 Å². The molecular weight excluding hydrogens is 300 g/mol. The molecule has 6 heteroatoms. The van der Waals surface area contributed by atoms with E-state index in [9.17, 15) is 8.42 Å². The van der Waals surface area contributed by atoms with Crippen molar-refractivity contribution >= 4 is 10.0 Å². The van der Waals surface area contributed by atoms with Gasteiger partial charge in [-0.2, -0.15) is 0 Å². The normalized spacial score (nSPS) is 22.9. The number of nitrogens with one attached hydrogen (secondary N) is 1. The molecule has 0 amide bonds. The summed E-state index contributed by atoms with van der Waals surface area (Å²) in [5, 5.41) is 9.16. The van der Waals surface area contributed by atoms with Gasteiger partial charge in [0.2, 0.25) is 10.0 Å². The molecule has 0 unspecified atom stereocenters. The van der Waals surface area contributed by atoms with Gasteiger partial charge >= 0.3 is 0 Å². The first-order valence-corrected chi connectivity index (χ1v) is 9.37. The van der Waals surface area contributed by atoms with Crippen LogP contribution in [0.4, 0.5) is 0 Å². The Bertz CT molecular complexity index is 540. The van der Waals surface area contributed by atoms with Gasteiger partial charge in [-0.05, 0) is 50.8 Å². The molecule has 2 rings (SSSR count). The van der Waals surface area contributed by atoms with Gasteiger partial charge < -0.3 is 10.0 Å². The van der Waals surface area contributed by atoms with Crippen LogP contribution < -0.4 is 4.72 Å². The Kier molecular flexibility index (Phi) is 6.37. The lowest BCUT2D eigenvalue weighted by Gasteiger charge is -2.34. The molecule has 124 valence electrons. The van der Waals surface area contributed by atoms with E-state index >= 15 is 0 Å². The van der Waals surface area contributed by atoms with Crippen molar-refractivity contribution < 1.29 is 13.5 Å². The molecule has 0 saturated heterocycles. The van der Waals surface area contributed by atoms with Crippen molar-refractivity contribution in [2.24, 2.45) is 5.92 Å². The highest BCUT2D eigenvalue weighted by molar-refractivity contribution is 7.89. The Morgan fingerprint density at radius 1 is 1.18 bits per heavy atom. The van der Waals surface area contributed by atoms with E-state index in [4.69, 9.17) is 5.11 Å². The van der Waals surface area contributed by atoms with Crippen molar-refractivity contribution in [3.63, 3.8) is 0 Å². The zero-order valence-electron chi connectivity index (χ0n) is 13.1. The maximum absolute atomic E-state index is 12.1. The third-order valence-corrected chi connectivity index (χ3v) is 5.98. The van der Waals surface area contributed by atoms with E-state index in [2.05, 4.69) is 9.62 Å². The minimum Gasteiger partial charge on any atom is -0.396 e. The fourth-order valence-corrected chi connectivity index (χ4v) is 4.03. The molecule has 22 heavy (non-hydrogen) atoms. The lowest BCUT2D eigenvalue weighted by molar-refractivity contribution is 0.129. The molecule has 0 spiro atoms. The van der Waals surface area contributed by atoms with E-state index in [0.29, 0.717) is 29.9 Å². The summed E-state index contributed by atoms with van der Waals surface area (Å²) in [4.78, 5) is 2.53. The number of likely N-dealkylation sites (N-methyl/N-ethyl adjacent to an activating group) is 1. The summed E-state index contributed by atoms with van der Waals surface area (Å²) >= 11 is 0. The monoisotopic (exact) mass is 326 g/mol. The molecule has 1 saturated carbocycles. The molecular formula is C16H26N2O3S. The van der Waals surface area contributed by atoms with Gasteiger partial charge in [0.1, 0.15) is 0 Å². The van der Waals surface area contributed by atoms with E-state index in [1.165, 1.54) is 0 Å². The summed E-state index contributed by atoms with van der Waals surface area (Å²) < 4.78 is 26.9. The van der Waals surface area contributed by atoms with Crippen LogP contribution in [0.1, 0.15) is 25.7 Å². The van der Waals surface area contributed by atoms with E-state index in [0.717, 1.165) is 25.7 Å². The second-order valence-electron chi connectivity index (χ2n) is 6.05. The Labute approximate surface area is 133 Å². The first-order chi connectivity index (χ1) is 10.5. The Hall–Kier alpha value is -0.950. The molecule has 2 N–H and O–H groups in total. The van der Waals surface area contributed by atoms with Crippen molar-refractivity contribution in [1.82, 2.24) is 9.62 Å². The zero-order chi connectivity index (χ0) is 16.0. The average molecular weight is 326 g/mol. The molecule has 0 radical (unpaired) electrons. The Balaban J connectivity index is 1.76. The van der Waals surface area contributed by atoms with Gasteiger partial charge in [-0.15, -0.1) is 0 Å². The van der Waals surface area contributed by atoms with Crippen molar-refractivity contribution in [2.75, 3.05) is 26.7 Å². The number of rotatable bonds is 7. The third-order valence-electron chi connectivity index (χ3n) is 4.51. The fraction of sp³-hybridized carbons (Fsp3) is 0.625. The molecule has 1 aromatic carbocycles. The van der Waals surface area contributed by atoms with E-state index in [-0.39, 0.29) is 6.61 Å². The van der Waals surface area contributed by atoms with Gasteiger partial charge in [-0.25, -0.2) is 13.1 Å². The summed E-state index contributed by atoms with van der Waals surface area (Å²) in [6.45, 7) is 1.39. The van der Waals surface area contributed by atoms with Crippen molar-refractivity contribution in [2.45, 2.75) is 36.6 Å². The molecule has 0 atom stereocenters. The van der Waals surface area contributed by atoms with Crippen molar-refractivity contribution in [1.29, 1.82) is 0 Å². The number of hydrogen-bond acceptors (Lipinski definition) is 4. The number of benzene rings is 1. The predicted molar refractivity (Wildman–Crippen MR) is 87.1 cm³/mol. The smallest absolute Gasteiger partial charge is 0.240 e. The van der Waals surface area contributed by atoms with Crippen LogP contribution in [-0.2, 0) is 10.0 Å². The summed E-state index contributed by atoms with van der Waals surface area (Å²) in [7, 11) is -1.37. The first kappa shape index (κ1) is 17.4. The van der Waals surface area contributed by atoms with Gasteiger partial charge in [-0.1, -0.05) is 18.2 Å². The van der Waals surface area contributed by atoms with Gasteiger partial charge in [0.25, 0.3) is 0 Å². The van der Waals surface area contributed by atoms with E-state index in [1.54, 1.807) is 30.3 Å². The number of hydrogen-bond donors (Lipinski definition) is 2. The number of sulfonamides is 1. The van der Waals surface area contributed by atoms with Crippen LogP contribution in [0, 0.1) is 5.92 Å². The minimum atomic E-state index is -3.41. The average Bonchev–Trinajstić information content (AvgIpc) is 2.55. The second kappa shape index (κ2) is 8.06. The molecule has 0 bridgehead atoms. The Morgan fingerprint density at radius 3 is 2.41 bits per heavy atom. The summed E-state index contributed by atoms with van der Waals surface area (Å²) in [6.07, 6.45) is 4.27. The highest BCUT2D eigenvalue weighted by Crippen LogP contribution is 2.26. The maximum Gasteiger partial charge on any atom is 0.240 e. The summed E-state index contributed by atoms with van der Waals surface area (Å²) in [5.41, 5.74) is 0. The molecule has 1 aliphatic rings. The molecule has 1 aliphatic carbocycles. The van der Waals surface area contributed by atoms with Crippen LogP contribution in [-0.4, -0.2) is 51.2 Å². The lowest BCUT2D eigenvalue weighted by atomic mass is 9.86. The molecule has 1 fully saturated rings. The van der Waals surface area contributed by atoms with Crippen LogP contribution >= 0.6 is 0 Å². The van der Waals surface area contributed by atoms with Crippen LogP contribution in [0.5, 0.6) is 0 Å². The van der Waals surface area contributed by atoms with Crippen molar-refractivity contribution in [3.8, 4) is 0 Å². The number of aliphatic hydroxyl groups excluding tert-OH is 1. The lowest BCUT2D eigenvalue weighted by Crippen LogP contribution is -2.40.